The minimum absolute atomic E-state index is 0.0766. The summed E-state index contributed by atoms with van der Waals surface area (Å²) in [5, 5.41) is 0.846. The van der Waals surface area contributed by atoms with Crippen molar-refractivity contribution < 1.29 is 4.79 Å². The molecule has 0 aliphatic rings. The zero-order chi connectivity index (χ0) is 12.4. The molecule has 1 aromatic carbocycles. The van der Waals surface area contributed by atoms with Crippen molar-refractivity contribution in [3.05, 3.63) is 40.9 Å². The van der Waals surface area contributed by atoms with Crippen molar-refractivity contribution >= 4 is 27.9 Å². The zero-order valence-corrected chi connectivity index (χ0v) is 10.9. The van der Waals surface area contributed by atoms with Crippen LogP contribution in [0.4, 0.5) is 10.8 Å². The number of hydrogen-bond donors (Lipinski definition) is 0. The van der Waals surface area contributed by atoms with E-state index < -0.39 is 0 Å². The number of thiazole rings is 1. The summed E-state index contributed by atoms with van der Waals surface area (Å²) in [7, 11) is 1.96. The Morgan fingerprint density at radius 3 is 2.47 bits per heavy atom. The van der Waals surface area contributed by atoms with Gasteiger partial charge in [-0.25, -0.2) is 4.98 Å². The molecule has 0 spiro atoms. The van der Waals surface area contributed by atoms with Gasteiger partial charge in [0, 0.05) is 19.7 Å². The summed E-state index contributed by atoms with van der Waals surface area (Å²) in [6, 6.07) is 9.98. The van der Waals surface area contributed by atoms with Crippen LogP contribution >= 0.6 is 11.3 Å². The summed E-state index contributed by atoms with van der Waals surface area (Å²) in [5.74, 6) is 0.0766. The topological polar surface area (TPSA) is 33.2 Å². The van der Waals surface area contributed by atoms with E-state index in [1.807, 2.05) is 49.2 Å². The molecule has 3 nitrogen and oxygen atoms in total. The average Bonchev–Trinajstić information content (AvgIpc) is 2.71. The van der Waals surface area contributed by atoms with Crippen LogP contribution in [0.25, 0.3) is 0 Å². The zero-order valence-electron chi connectivity index (χ0n) is 10.1. The van der Waals surface area contributed by atoms with E-state index in [1.54, 1.807) is 6.92 Å². The summed E-state index contributed by atoms with van der Waals surface area (Å²) in [6.07, 6.45) is 0. The average molecular weight is 246 g/mol. The molecule has 1 aromatic heterocycles. The molecule has 2 rings (SSSR count). The molecule has 0 amide bonds. The quantitative estimate of drug-likeness (QED) is 0.778. The molecule has 0 aliphatic carbocycles. The van der Waals surface area contributed by atoms with E-state index in [2.05, 4.69) is 4.98 Å². The van der Waals surface area contributed by atoms with Crippen molar-refractivity contribution in [3.8, 4) is 0 Å². The number of rotatable bonds is 3. The van der Waals surface area contributed by atoms with Gasteiger partial charge < -0.3 is 4.90 Å². The first-order chi connectivity index (χ1) is 8.09. The van der Waals surface area contributed by atoms with Crippen LogP contribution in [-0.2, 0) is 0 Å². The molecule has 0 aliphatic heterocycles. The van der Waals surface area contributed by atoms with Crippen molar-refractivity contribution in [1.29, 1.82) is 0 Å². The summed E-state index contributed by atoms with van der Waals surface area (Å²) in [5.41, 5.74) is 1.87. The normalized spacial score (nSPS) is 10.3. The van der Waals surface area contributed by atoms with Gasteiger partial charge in [-0.15, -0.1) is 0 Å². The number of carbonyl (C=O) groups excluding carboxylic acids is 1. The number of nitrogens with zero attached hydrogens (tertiary/aromatic N) is 2. The monoisotopic (exact) mass is 246 g/mol. The number of aromatic nitrogens is 1. The third-order valence-corrected chi connectivity index (χ3v) is 3.87. The molecule has 2 aromatic rings. The lowest BCUT2D eigenvalue weighted by Crippen LogP contribution is -2.08. The molecule has 0 radical (unpaired) electrons. The number of aryl methyl sites for hydroxylation is 1. The Kier molecular flexibility index (Phi) is 3.24. The molecule has 0 saturated heterocycles. The van der Waals surface area contributed by atoms with E-state index in [9.17, 15) is 4.79 Å². The highest BCUT2D eigenvalue weighted by molar-refractivity contribution is 7.17. The Labute approximate surface area is 105 Å². The van der Waals surface area contributed by atoms with Gasteiger partial charge >= 0.3 is 0 Å². The molecular formula is C13H14N2OS. The second-order valence-corrected chi connectivity index (χ2v) is 4.84. The van der Waals surface area contributed by atoms with Gasteiger partial charge in [-0.1, -0.05) is 29.5 Å². The Hall–Kier alpha value is -1.68. The minimum atomic E-state index is 0.0766. The highest BCUT2D eigenvalue weighted by Crippen LogP contribution is 2.30. The van der Waals surface area contributed by atoms with Crippen LogP contribution in [0.3, 0.4) is 0 Å². The van der Waals surface area contributed by atoms with Crippen LogP contribution in [-0.4, -0.2) is 17.8 Å². The summed E-state index contributed by atoms with van der Waals surface area (Å²) in [6.45, 7) is 3.45. The predicted octanol–water partition coefficient (Wildman–Crippen LogP) is 3.42. The first-order valence-corrected chi connectivity index (χ1v) is 6.18. The highest BCUT2D eigenvalue weighted by atomic mass is 32.1. The smallest absolute Gasteiger partial charge is 0.190 e. The fourth-order valence-electron chi connectivity index (χ4n) is 1.61. The lowest BCUT2D eigenvalue weighted by atomic mass is 10.3. The number of para-hydroxylation sites is 1. The van der Waals surface area contributed by atoms with Crippen LogP contribution < -0.4 is 4.90 Å². The van der Waals surface area contributed by atoms with Gasteiger partial charge in [-0.05, 0) is 19.1 Å². The van der Waals surface area contributed by atoms with Crippen molar-refractivity contribution in [2.45, 2.75) is 13.8 Å². The van der Waals surface area contributed by atoms with Gasteiger partial charge in [0.2, 0.25) is 0 Å². The number of Topliss-reactive ketones (excluding diaryl/α,β-unsaturated/α-hetero) is 1. The van der Waals surface area contributed by atoms with Crippen LogP contribution in [0.2, 0.25) is 0 Å². The number of benzene rings is 1. The van der Waals surface area contributed by atoms with Gasteiger partial charge in [0.25, 0.3) is 0 Å². The van der Waals surface area contributed by atoms with Gasteiger partial charge in [-0.2, -0.15) is 0 Å². The van der Waals surface area contributed by atoms with E-state index in [0.29, 0.717) is 0 Å². The molecule has 0 saturated carbocycles. The Bertz CT molecular complexity index is 534. The first kappa shape index (κ1) is 11.8. The Morgan fingerprint density at radius 1 is 1.29 bits per heavy atom. The van der Waals surface area contributed by atoms with Crippen LogP contribution in [0, 0.1) is 6.92 Å². The van der Waals surface area contributed by atoms with Crippen molar-refractivity contribution in [3.63, 3.8) is 0 Å². The summed E-state index contributed by atoms with van der Waals surface area (Å²) in [4.78, 5) is 18.6. The third kappa shape index (κ3) is 2.36. The number of ketones is 1. The lowest BCUT2D eigenvalue weighted by molar-refractivity contribution is 0.102. The summed E-state index contributed by atoms with van der Waals surface area (Å²) < 4.78 is 0. The Balaban J connectivity index is 2.35. The number of carbonyl (C=O) groups is 1. The minimum Gasteiger partial charge on any atom is -0.321 e. The molecule has 0 bridgehead atoms. The maximum absolute atomic E-state index is 11.4. The van der Waals surface area contributed by atoms with Crippen molar-refractivity contribution in [1.82, 2.24) is 4.98 Å². The van der Waals surface area contributed by atoms with Gasteiger partial charge in [0.05, 0.1) is 10.6 Å². The molecule has 0 fully saturated rings. The van der Waals surface area contributed by atoms with E-state index in [1.165, 1.54) is 11.3 Å². The maximum atomic E-state index is 11.4. The number of hydrogen-bond acceptors (Lipinski definition) is 4. The van der Waals surface area contributed by atoms with Crippen LogP contribution in [0.15, 0.2) is 30.3 Å². The molecular weight excluding hydrogens is 232 g/mol. The molecule has 0 atom stereocenters. The first-order valence-electron chi connectivity index (χ1n) is 5.36. The van der Waals surface area contributed by atoms with Gasteiger partial charge in [0.15, 0.2) is 10.9 Å². The third-order valence-electron chi connectivity index (χ3n) is 2.54. The molecule has 17 heavy (non-hydrogen) atoms. The summed E-state index contributed by atoms with van der Waals surface area (Å²) >= 11 is 1.44. The van der Waals surface area contributed by atoms with Crippen LogP contribution in [0.5, 0.6) is 0 Å². The van der Waals surface area contributed by atoms with E-state index in [4.69, 9.17) is 0 Å². The molecule has 1 heterocycles. The highest BCUT2D eigenvalue weighted by Gasteiger charge is 2.14. The molecule has 4 heteroatoms. The van der Waals surface area contributed by atoms with Crippen molar-refractivity contribution in [2.24, 2.45) is 0 Å². The number of anilines is 2. The van der Waals surface area contributed by atoms with E-state index >= 15 is 0 Å². The molecule has 0 N–H and O–H groups in total. The maximum Gasteiger partial charge on any atom is 0.190 e. The molecule has 0 unspecified atom stereocenters. The SMILES string of the molecule is CC(=O)c1sc(N(C)c2ccccc2)nc1C. The Morgan fingerprint density at radius 2 is 1.94 bits per heavy atom. The fourth-order valence-corrected chi connectivity index (χ4v) is 2.56. The lowest BCUT2D eigenvalue weighted by Gasteiger charge is -2.15. The second kappa shape index (κ2) is 4.67. The van der Waals surface area contributed by atoms with E-state index in [-0.39, 0.29) is 5.78 Å². The standard InChI is InChI=1S/C13H14N2OS/c1-9-12(10(2)16)17-13(14-9)15(3)11-7-5-4-6-8-11/h4-8H,1-3H3. The van der Waals surface area contributed by atoms with Crippen molar-refractivity contribution in [2.75, 3.05) is 11.9 Å². The van der Waals surface area contributed by atoms with E-state index in [0.717, 1.165) is 21.4 Å². The predicted molar refractivity (Wildman–Crippen MR) is 71.4 cm³/mol. The van der Waals surface area contributed by atoms with Gasteiger partial charge in [0.1, 0.15) is 0 Å². The molecule has 88 valence electrons. The van der Waals surface area contributed by atoms with Gasteiger partial charge in [-0.3, -0.25) is 4.79 Å². The largest absolute Gasteiger partial charge is 0.321 e. The fraction of sp³-hybridized carbons (Fsp3) is 0.231. The second-order valence-electron chi connectivity index (χ2n) is 3.86. The van der Waals surface area contributed by atoms with Crippen LogP contribution in [0.1, 0.15) is 22.3 Å².